The maximum absolute atomic E-state index is 4.25. The zero-order valence-electron chi connectivity index (χ0n) is 8.86. The van der Waals surface area contributed by atoms with Crippen molar-refractivity contribution >= 4 is 11.8 Å². The van der Waals surface area contributed by atoms with Gasteiger partial charge in [-0.05, 0) is 25.1 Å². The third-order valence-corrected chi connectivity index (χ3v) is 2.79. The lowest BCUT2D eigenvalue weighted by Gasteiger charge is -2.06. The summed E-state index contributed by atoms with van der Waals surface area (Å²) < 4.78 is 0. The van der Waals surface area contributed by atoms with E-state index in [2.05, 4.69) is 30.2 Å². The van der Waals surface area contributed by atoms with Crippen molar-refractivity contribution in [3.8, 4) is 0 Å². The van der Waals surface area contributed by atoms with Crippen LogP contribution in [0, 0.1) is 0 Å². The number of aromatic nitrogens is 1. The summed E-state index contributed by atoms with van der Waals surface area (Å²) in [4.78, 5) is 4.25. The van der Waals surface area contributed by atoms with Crippen LogP contribution in [-0.4, -0.2) is 23.3 Å². The molecule has 1 aromatic heterocycles. The molecule has 0 aliphatic carbocycles. The van der Waals surface area contributed by atoms with Crippen molar-refractivity contribution in [1.29, 1.82) is 0 Å². The van der Waals surface area contributed by atoms with Crippen molar-refractivity contribution < 1.29 is 0 Å². The van der Waals surface area contributed by atoms with Crippen molar-refractivity contribution in [2.75, 3.05) is 12.3 Å². The van der Waals surface area contributed by atoms with E-state index in [4.69, 9.17) is 0 Å². The molecule has 1 N–H and O–H groups in total. The topological polar surface area (TPSA) is 24.9 Å². The van der Waals surface area contributed by atoms with Crippen LogP contribution in [-0.2, 0) is 0 Å². The van der Waals surface area contributed by atoms with Crippen molar-refractivity contribution in [2.45, 2.75) is 31.3 Å². The predicted molar refractivity (Wildman–Crippen MR) is 62.7 cm³/mol. The second-order valence-electron chi connectivity index (χ2n) is 3.48. The number of rotatable bonds is 6. The predicted octanol–water partition coefficient (Wildman–Crippen LogP) is 2.56. The third-order valence-electron chi connectivity index (χ3n) is 1.76. The van der Waals surface area contributed by atoms with Crippen LogP contribution in [0.4, 0.5) is 0 Å². The molecule has 0 saturated heterocycles. The minimum atomic E-state index is 0.592. The summed E-state index contributed by atoms with van der Waals surface area (Å²) in [6.45, 7) is 5.44. The van der Waals surface area contributed by atoms with Crippen LogP contribution >= 0.6 is 11.8 Å². The Labute approximate surface area is 90.5 Å². The van der Waals surface area contributed by atoms with Gasteiger partial charge in [0.05, 0.1) is 5.03 Å². The number of hydrogen-bond donors (Lipinski definition) is 1. The first-order chi connectivity index (χ1) is 6.79. The highest BCUT2D eigenvalue weighted by Crippen LogP contribution is 2.14. The van der Waals surface area contributed by atoms with E-state index in [-0.39, 0.29) is 0 Å². The van der Waals surface area contributed by atoms with Gasteiger partial charge in [0.15, 0.2) is 0 Å². The fraction of sp³-hybridized carbons (Fsp3) is 0.545. The molecule has 0 aromatic carbocycles. The van der Waals surface area contributed by atoms with Crippen molar-refractivity contribution in [3.05, 3.63) is 24.4 Å². The van der Waals surface area contributed by atoms with Crippen LogP contribution in [0.2, 0.25) is 0 Å². The summed E-state index contributed by atoms with van der Waals surface area (Å²) in [6.07, 6.45) is 3.04. The zero-order chi connectivity index (χ0) is 10.2. The lowest BCUT2D eigenvalue weighted by atomic mass is 10.4. The second-order valence-corrected chi connectivity index (χ2v) is 4.59. The summed E-state index contributed by atoms with van der Waals surface area (Å²) in [6, 6.07) is 6.63. The molecule has 0 atom stereocenters. The Balaban J connectivity index is 2.05. The van der Waals surface area contributed by atoms with Gasteiger partial charge in [-0.25, -0.2) is 4.98 Å². The molecule has 0 aliphatic heterocycles. The highest BCUT2D eigenvalue weighted by molar-refractivity contribution is 7.99. The minimum Gasteiger partial charge on any atom is -0.315 e. The van der Waals surface area contributed by atoms with E-state index in [1.54, 1.807) is 0 Å². The molecule has 0 radical (unpaired) electrons. The van der Waals surface area contributed by atoms with Crippen molar-refractivity contribution in [3.63, 3.8) is 0 Å². The van der Waals surface area contributed by atoms with Gasteiger partial charge in [-0.2, -0.15) is 0 Å². The van der Waals surface area contributed by atoms with Crippen molar-refractivity contribution in [1.82, 2.24) is 10.3 Å². The van der Waals surface area contributed by atoms with Gasteiger partial charge in [-0.15, -0.1) is 11.8 Å². The Bertz CT molecular complexity index is 236. The average molecular weight is 210 g/mol. The quantitative estimate of drug-likeness (QED) is 0.577. The highest BCUT2D eigenvalue weighted by Gasteiger charge is 1.94. The van der Waals surface area contributed by atoms with Gasteiger partial charge < -0.3 is 5.32 Å². The number of pyridine rings is 1. The third kappa shape index (κ3) is 5.25. The second kappa shape index (κ2) is 6.85. The van der Waals surface area contributed by atoms with E-state index in [0.717, 1.165) is 17.3 Å². The van der Waals surface area contributed by atoms with E-state index in [1.165, 1.54) is 6.42 Å². The van der Waals surface area contributed by atoms with Gasteiger partial charge in [0.25, 0.3) is 0 Å². The first-order valence-corrected chi connectivity index (χ1v) is 6.05. The molecule has 14 heavy (non-hydrogen) atoms. The molecule has 0 spiro atoms. The van der Waals surface area contributed by atoms with Gasteiger partial charge in [-0.1, -0.05) is 19.9 Å². The van der Waals surface area contributed by atoms with Crippen LogP contribution in [0.1, 0.15) is 20.3 Å². The van der Waals surface area contributed by atoms with E-state index >= 15 is 0 Å². The largest absolute Gasteiger partial charge is 0.315 e. The molecule has 0 saturated carbocycles. The SMILES string of the molecule is CC(C)NCCCSc1ccccn1. The van der Waals surface area contributed by atoms with Crippen LogP contribution in [0.25, 0.3) is 0 Å². The van der Waals surface area contributed by atoms with E-state index in [0.29, 0.717) is 6.04 Å². The Kier molecular flexibility index (Phi) is 5.64. The molecule has 1 aromatic rings. The van der Waals surface area contributed by atoms with Gasteiger partial charge in [-0.3, -0.25) is 0 Å². The fourth-order valence-electron chi connectivity index (χ4n) is 1.07. The Morgan fingerprint density at radius 2 is 2.29 bits per heavy atom. The smallest absolute Gasteiger partial charge is 0.0959 e. The molecule has 1 rings (SSSR count). The minimum absolute atomic E-state index is 0.592. The molecular formula is C11H18N2S. The van der Waals surface area contributed by atoms with Gasteiger partial charge in [0, 0.05) is 18.0 Å². The number of nitrogens with zero attached hydrogens (tertiary/aromatic N) is 1. The molecular weight excluding hydrogens is 192 g/mol. The fourth-order valence-corrected chi connectivity index (χ4v) is 1.88. The molecule has 3 heteroatoms. The van der Waals surface area contributed by atoms with Gasteiger partial charge >= 0.3 is 0 Å². The number of thioether (sulfide) groups is 1. The van der Waals surface area contributed by atoms with Gasteiger partial charge in [0.1, 0.15) is 0 Å². The Morgan fingerprint density at radius 3 is 2.93 bits per heavy atom. The van der Waals surface area contributed by atoms with Crippen LogP contribution in [0.3, 0.4) is 0 Å². The van der Waals surface area contributed by atoms with Crippen LogP contribution in [0.5, 0.6) is 0 Å². The monoisotopic (exact) mass is 210 g/mol. The van der Waals surface area contributed by atoms with E-state index in [9.17, 15) is 0 Å². The molecule has 1 heterocycles. The molecule has 2 nitrogen and oxygen atoms in total. The van der Waals surface area contributed by atoms with Crippen molar-refractivity contribution in [2.24, 2.45) is 0 Å². The average Bonchev–Trinajstić information content (AvgIpc) is 2.18. The summed E-state index contributed by atoms with van der Waals surface area (Å²) in [5.41, 5.74) is 0. The van der Waals surface area contributed by atoms with Gasteiger partial charge in [0.2, 0.25) is 0 Å². The summed E-state index contributed by atoms with van der Waals surface area (Å²) in [5, 5.41) is 4.52. The number of nitrogens with one attached hydrogen (secondary N) is 1. The zero-order valence-corrected chi connectivity index (χ0v) is 9.68. The first-order valence-electron chi connectivity index (χ1n) is 5.06. The molecule has 0 aliphatic rings. The Hall–Kier alpha value is -0.540. The normalized spacial score (nSPS) is 10.8. The standard InChI is InChI=1S/C11H18N2S/c1-10(2)12-8-5-9-14-11-6-3-4-7-13-11/h3-4,6-7,10,12H,5,8-9H2,1-2H3. The van der Waals surface area contributed by atoms with E-state index < -0.39 is 0 Å². The van der Waals surface area contributed by atoms with Crippen LogP contribution in [0.15, 0.2) is 29.4 Å². The maximum atomic E-state index is 4.25. The molecule has 0 bridgehead atoms. The maximum Gasteiger partial charge on any atom is 0.0959 e. The summed E-state index contributed by atoms with van der Waals surface area (Å²) in [5.74, 6) is 1.14. The molecule has 0 unspecified atom stereocenters. The van der Waals surface area contributed by atoms with Crippen LogP contribution < -0.4 is 5.32 Å². The number of hydrogen-bond acceptors (Lipinski definition) is 3. The lowest BCUT2D eigenvalue weighted by Crippen LogP contribution is -2.23. The lowest BCUT2D eigenvalue weighted by molar-refractivity contribution is 0.586. The Morgan fingerprint density at radius 1 is 1.43 bits per heavy atom. The summed E-state index contributed by atoms with van der Waals surface area (Å²) in [7, 11) is 0. The summed E-state index contributed by atoms with van der Waals surface area (Å²) >= 11 is 1.82. The first kappa shape index (κ1) is 11.5. The van der Waals surface area contributed by atoms with E-state index in [1.807, 2.05) is 30.1 Å². The highest BCUT2D eigenvalue weighted by atomic mass is 32.2. The molecule has 0 amide bonds. The molecule has 0 fully saturated rings. The molecule has 78 valence electrons.